The SMILES string of the molecule is CCCOCCN1CC(CO)OCC1C. The van der Waals surface area contributed by atoms with Gasteiger partial charge in [-0.1, -0.05) is 6.92 Å². The second-order valence-corrected chi connectivity index (χ2v) is 4.09. The van der Waals surface area contributed by atoms with Crippen molar-refractivity contribution >= 4 is 0 Å². The Bertz CT molecular complexity index is 166. The van der Waals surface area contributed by atoms with E-state index in [4.69, 9.17) is 14.6 Å². The normalized spacial score (nSPS) is 28.2. The van der Waals surface area contributed by atoms with Gasteiger partial charge in [-0.25, -0.2) is 0 Å². The highest BCUT2D eigenvalue weighted by Crippen LogP contribution is 2.10. The topological polar surface area (TPSA) is 41.9 Å². The van der Waals surface area contributed by atoms with Crippen LogP contribution >= 0.6 is 0 Å². The van der Waals surface area contributed by atoms with E-state index >= 15 is 0 Å². The molecule has 1 saturated heterocycles. The lowest BCUT2D eigenvalue weighted by Crippen LogP contribution is -2.50. The number of ether oxygens (including phenoxy) is 2. The summed E-state index contributed by atoms with van der Waals surface area (Å²) in [4.78, 5) is 2.32. The van der Waals surface area contributed by atoms with E-state index in [0.29, 0.717) is 12.6 Å². The van der Waals surface area contributed by atoms with E-state index in [1.165, 1.54) is 0 Å². The predicted octanol–water partition coefficient (Wildman–Crippen LogP) is 0.495. The Morgan fingerprint density at radius 3 is 2.93 bits per heavy atom. The fraction of sp³-hybridized carbons (Fsp3) is 1.00. The first-order chi connectivity index (χ1) is 7.27. The minimum atomic E-state index is -0.0209. The fourth-order valence-corrected chi connectivity index (χ4v) is 1.73. The van der Waals surface area contributed by atoms with E-state index in [1.54, 1.807) is 0 Å². The first-order valence-electron chi connectivity index (χ1n) is 5.82. The summed E-state index contributed by atoms with van der Waals surface area (Å²) < 4.78 is 10.9. The highest BCUT2D eigenvalue weighted by Gasteiger charge is 2.24. The maximum absolute atomic E-state index is 9.02. The Kier molecular flexibility index (Phi) is 6.17. The zero-order valence-electron chi connectivity index (χ0n) is 9.82. The molecule has 1 aliphatic heterocycles. The van der Waals surface area contributed by atoms with Crippen molar-refractivity contribution < 1.29 is 14.6 Å². The van der Waals surface area contributed by atoms with Crippen LogP contribution in [0.15, 0.2) is 0 Å². The molecule has 2 unspecified atom stereocenters. The molecule has 0 aliphatic carbocycles. The quantitative estimate of drug-likeness (QED) is 0.658. The summed E-state index contributed by atoms with van der Waals surface area (Å²) in [5, 5.41) is 9.02. The van der Waals surface area contributed by atoms with Gasteiger partial charge < -0.3 is 14.6 Å². The Morgan fingerprint density at radius 2 is 2.27 bits per heavy atom. The largest absolute Gasteiger partial charge is 0.394 e. The summed E-state index contributed by atoms with van der Waals surface area (Å²) in [5.41, 5.74) is 0. The third-order valence-electron chi connectivity index (χ3n) is 2.71. The van der Waals surface area contributed by atoms with E-state index in [-0.39, 0.29) is 12.7 Å². The van der Waals surface area contributed by atoms with Gasteiger partial charge in [-0.3, -0.25) is 4.90 Å². The van der Waals surface area contributed by atoms with Gasteiger partial charge in [0.15, 0.2) is 0 Å². The number of morpholine rings is 1. The third kappa shape index (κ3) is 4.47. The molecule has 2 atom stereocenters. The first kappa shape index (κ1) is 12.9. The number of aliphatic hydroxyl groups excluding tert-OH is 1. The number of hydrogen-bond acceptors (Lipinski definition) is 4. The van der Waals surface area contributed by atoms with Gasteiger partial charge in [-0.15, -0.1) is 0 Å². The zero-order chi connectivity index (χ0) is 11.1. The van der Waals surface area contributed by atoms with Gasteiger partial charge in [0.1, 0.15) is 0 Å². The molecule has 1 aliphatic rings. The van der Waals surface area contributed by atoms with E-state index in [2.05, 4.69) is 18.7 Å². The van der Waals surface area contributed by atoms with Crippen LogP contribution in [0.3, 0.4) is 0 Å². The average Bonchev–Trinajstić information content (AvgIpc) is 2.26. The lowest BCUT2D eigenvalue weighted by atomic mass is 10.2. The summed E-state index contributed by atoms with van der Waals surface area (Å²) in [5.74, 6) is 0. The van der Waals surface area contributed by atoms with Crippen molar-refractivity contribution in [2.24, 2.45) is 0 Å². The highest BCUT2D eigenvalue weighted by molar-refractivity contribution is 4.76. The van der Waals surface area contributed by atoms with Gasteiger partial charge in [0, 0.05) is 25.7 Å². The highest BCUT2D eigenvalue weighted by atomic mass is 16.5. The minimum Gasteiger partial charge on any atom is -0.394 e. The van der Waals surface area contributed by atoms with Gasteiger partial charge in [-0.05, 0) is 13.3 Å². The number of hydrogen-bond donors (Lipinski definition) is 1. The van der Waals surface area contributed by atoms with Crippen LogP contribution in [0.25, 0.3) is 0 Å². The second kappa shape index (κ2) is 7.17. The summed E-state index contributed by atoms with van der Waals surface area (Å²) in [6.45, 7) is 8.43. The van der Waals surface area contributed by atoms with Crippen LogP contribution in [0, 0.1) is 0 Å². The molecular weight excluding hydrogens is 194 g/mol. The van der Waals surface area contributed by atoms with E-state index < -0.39 is 0 Å². The molecule has 0 aromatic heterocycles. The standard InChI is InChI=1S/C11H23NO3/c1-3-5-14-6-4-12-7-11(8-13)15-9-10(12)2/h10-11,13H,3-9H2,1-2H3. The van der Waals surface area contributed by atoms with Crippen molar-refractivity contribution in [3.8, 4) is 0 Å². The molecule has 0 radical (unpaired) electrons. The molecule has 4 heteroatoms. The fourth-order valence-electron chi connectivity index (χ4n) is 1.73. The molecule has 0 aromatic carbocycles. The maximum atomic E-state index is 9.02. The Balaban J connectivity index is 2.19. The smallest absolute Gasteiger partial charge is 0.0933 e. The third-order valence-corrected chi connectivity index (χ3v) is 2.71. The summed E-state index contributed by atoms with van der Waals surface area (Å²) in [6.07, 6.45) is 1.05. The molecule has 1 heterocycles. The van der Waals surface area contributed by atoms with Gasteiger partial charge in [0.05, 0.1) is 25.9 Å². The van der Waals surface area contributed by atoms with Crippen molar-refractivity contribution in [3.63, 3.8) is 0 Å². The lowest BCUT2D eigenvalue weighted by Gasteiger charge is -2.37. The maximum Gasteiger partial charge on any atom is 0.0933 e. The molecular formula is C11H23NO3. The minimum absolute atomic E-state index is 0.0209. The van der Waals surface area contributed by atoms with Gasteiger partial charge in [0.25, 0.3) is 0 Å². The van der Waals surface area contributed by atoms with Gasteiger partial charge >= 0.3 is 0 Å². The molecule has 4 nitrogen and oxygen atoms in total. The molecule has 0 saturated carbocycles. The van der Waals surface area contributed by atoms with E-state index in [9.17, 15) is 0 Å². The van der Waals surface area contributed by atoms with Crippen LogP contribution in [0.4, 0.5) is 0 Å². The van der Waals surface area contributed by atoms with Crippen molar-refractivity contribution in [2.45, 2.75) is 32.4 Å². The summed E-state index contributed by atoms with van der Waals surface area (Å²) in [7, 11) is 0. The van der Waals surface area contributed by atoms with Crippen molar-refractivity contribution in [3.05, 3.63) is 0 Å². The lowest BCUT2D eigenvalue weighted by molar-refractivity contribution is -0.0829. The Hall–Kier alpha value is -0.160. The molecule has 0 aromatic rings. The first-order valence-corrected chi connectivity index (χ1v) is 5.82. The molecule has 1 rings (SSSR count). The number of rotatable bonds is 6. The Labute approximate surface area is 92.2 Å². The summed E-state index contributed by atoms with van der Waals surface area (Å²) in [6, 6.07) is 0.429. The molecule has 0 amide bonds. The Morgan fingerprint density at radius 1 is 1.47 bits per heavy atom. The predicted molar refractivity (Wildman–Crippen MR) is 59.0 cm³/mol. The molecule has 1 N–H and O–H groups in total. The average molecular weight is 217 g/mol. The van der Waals surface area contributed by atoms with Crippen molar-refractivity contribution in [1.29, 1.82) is 0 Å². The van der Waals surface area contributed by atoms with Crippen LogP contribution in [-0.2, 0) is 9.47 Å². The van der Waals surface area contributed by atoms with Crippen LogP contribution in [0.5, 0.6) is 0 Å². The summed E-state index contributed by atoms with van der Waals surface area (Å²) >= 11 is 0. The van der Waals surface area contributed by atoms with E-state index in [0.717, 1.165) is 32.7 Å². The van der Waals surface area contributed by atoms with Crippen LogP contribution < -0.4 is 0 Å². The van der Waals surface area contributed by atoms with Crippen molar-refractivity contribution in [2.75, 3.05) is 39.5 Å². The van der Waals surface area contributed by atoms with Gasteiger partial charge in [-0.2, -0.15) is 0 Å². The van der Waals surface area contributed by atoms with Crippen LogP contribution in [0.1, 0.15) is 20.3 Å². The van der Waals surface area contributed by atoms with Crippen LogP contribution in [0.2, 0.25) is 0 Å². The molecule has 0 spiro atoms. The number of nitrogens with zero attached hydrogens (tertiary/aromatic N) is 1. The van der Waals surface area contributed by atoms with Gasteiger partial charge in [0.2, 0.25) is 0 Å². The molecule has 0 bridgehead atoms. The zero-order valence-corrected chi connectivity index (χ0v) is 9.82. The molecule has 1 fully saturated rings. The van der Waals surface area contributed by atoms with E-state index in [1.807, 2.05) is 0 Å². The van der Waals surface area contributed by atoms with Crippen molar-refractivity contribution in [1.82, 2.24) is 4.90 Å². The molecule has 15 heavy (non-hydrogen) atoms. The van der Waals surface area contributed by atoms with Crippen LogP contribution in [-0.4, -0.2) is 61.7 Å². The second-order valence-electron chi connectivity index (χ2n) is 4.09. The molecule has 90 valence electrons. The number of aliphatic hydroxyl groups is 1. The monoisotopic (exact) mass is 217 g/mol.